The monoisotopic (exact) mass is 481 g/mol. The van der Waals surface area contributed by atoms with Crippen LogP contribution in [0, 0.1) is 0 Å². The molecule has 3 aromatic rings. The van der Waals surface area contributed by atoms with Crippen molar-refractivity contribution in [3.05, 3.63) is 45.9 Å². The van der Waals surface area contributed by atoms with E-state index in [4.69, 9.17) is 10.5 Å². The summed E-state index contributed by atoms with van der Waals surface area (Å²) in [5.74, 6) is 0.244. The highest BCUT2D eigenvalue weighted by Crippen LogP contribution is 2.18. The number of aromatic nitrogens is 4. The highest BCUT2D eigenvalue weighted by molar-refractivity contribution is 5.81. The predicted octanol–water partition coefficient (Wildman–Crippen LogP) is 3.09. The lowest BCUT2D eigenvalue weighted by Gasteiger charge is -2.32. The van der Waals surface area contributed by atoms with Crippen LogP contribution >= 0.6 is 0 Å². The fraction of sp³-hybridized carbons (Fsp3) is 0.577. The third-order valence-corrected chi connectivity index (χ3v) is 6.83. The summed E-state index contributed by atoms with van der Waals surface area (Å²) in [6.07, 6.45) is 6.17. The van der Waals surface area contributed by atoms with Crippen molar-refractivity contribution in [2.75, 3.05) is 32.0 Å². The average Bonchev–Trinajstić information content (AvgIpc) is 3.19. The minimum absolute atomic E-state index is 0.207. The lowest BCUT2D eigenvalue weighted by molar-refractivity contribution is 0.193. The molecular formula is C26H39N7O2. The number of nitrogens with zero attached hydrogens (tertiary/aromatic N) is 4. The Labute approximate surface area is 207 Å². The minimum atomic E-state index is -0.207. The zero-order valence-corrected chi connectivity index (χ0v) is 21.1. The molecule has 2 aromatic heterocycles. The third kappa shape index (κ3) is 6.61. The molecule has 3 heterocycles. The van der Waals surface area contributed by atoms with Crippen molar-refractivity contribution in [1.82, 2.24) is 29.7 Å². The number of ether oxygens (including phenoxy) is 1. The molecule has 0 unspecified atom stereocenters. The van der Waals surface area contributed by atoms with Crippen LogP contribution in [0.15, 0.2) is 29.1 Å². The number of nitrogens with two attached hydrogens (primary N) is 1. The number of fused-ring (bicyclic) bond motifs is 1. The first kappa shape index (κ1) is 25.2. The van der Waals surface area contributed by atoms with E-state index < -0.39 is 0 Å². The van der Waals surface area contributed by atoms with Gasteiger partial charge in [-0.25, -0.2) is 4.79 Å². The molecule has 9 heteroatoms. The molecule has 1 aliphatic rings. The Kier molecular flexibility index (Phi) is 8.76. The molecule has 0 aliphatic carbocycles. The number of likely N-dealkylation sites (tertiary alicyclic amines) is 1. The molecule has 0 spiro atoms. The largest absolute Gasteiger partial charge is 0.463 e. The number of benzene rings is 1. The molecule has 0 amide bonds. The van der Waals surface area contributed by atoms with Gasteiger partial charge in [0, 0.05) is 19.1 Å². The highest BCUT2D eigenvalue weighted by Gasteiger charge is 2.19. The number of aromatic amines is 1. The molecule has 9 nitrogen and oxygen atoms in total. The van der Waals surface area contributed by atoms with Gasteiger partial charge in [-0.3, -0.25) is 4.57 Å². The number of nitrogen functional groups attached to an aromatic ring is 1. The Balaban J connectivity index is 1.24. The molecule has 4 N–H and O–H groups in total. The summed E-state index contributed by atoms with van der Waals surface area (Å²) in [7, 11) is 0. The SMILES string of the molecule is CCCCOc1nc(N)c2[nH]c(=O)n(CCCN3CCC(NCc4ccc(CC)cc4)CC3)c2n1. The zero-order chi connectivity index (χ0) is 24.6. The minimum Gasteiger partial charge on any atom is -0.463 e. The zero-order valence-electron chi connectivity index (χ0n) is 21.1. The van der Waals surface area contributed by atoms with Gasteiger partial charge < -0.3 is 25.7 Å². The van der Waals surface area contributed by atoms with Crippen molar-refractivity contribution < 1.29 is 4.74 Å². The van der Waals surface area contributed by atoms with E-state index in [1.165, 1.54) is 11.1 Å². The second kappa shape index (κ2) is 12.2. The lowest BCUT2D eigenvalue weighted by atomic mass is 10.0. The molecule has 0 saturated carbocycles. The van der Waals surface area contributed by atoms with Crippen LogP contribution in [0.1, 0.15) is 57.1 Å². The van der Waals surface area contributed by atoms with E-state index >= 15 is 0 Å². The summed E-state index contributed by atoms with van der Waals surface area (Å²) < 4.78 is 7.27. The van der Waals surface area contributed by atoms with Crippen LogP contribution in [-0.2, 0) is 19.5 Å². The van der Waals surface area contributed by atoms with Crippen molar-refractivity contribution in [2.45, 2.75) is 71.5 Å². The van der Waals surface area contributed by atoms with Crippen molar-refractivity contribution in [1.29, 1.82) is 0 Å². The number of anilines is 1. The van der Waals surface area contributed by atoms with Crippen molar-refractivity contribution in [2.24, 2.45) is 0 Å². The number of aryl methyl sites for hydroxylation is 2. The maximum atomic E-state index is 12.5. The van der Waals surface area contributed by atoms with Crippen molar-refractivity contribution in [3.8, 4) is 6.01 Å². The van der Waals surface area contributed by atoms with Gasteiger partial charge in [0.25, 0.3) is 0 Å². The number of hydrogen-bond acceptors (Lipinski definition) is 7. The summed E-state index contributed by atoms with van der Waals surface area (Å²) in [6, 6.07) is 9.68. The van der Waals surface area contributed by atoms with Gasteiger partial charge in [-0.05, 0) is 62.9 Å². The molecule has 1 saturated heterocycles. The number of H-pyrrole nitrogens is 1. The van der Waals surface area contributed by atoms with Crippen LogP contribution in [0.5, 0.6) is 6.01 Å². The number of rotatable bonds is 12. The molecule has 35 heavy (non-hydrogen) atoms. The highest BCUT2D eigenvalue weighted by atomic mass is 16.5. The van der Waals surface area contributed by atoms with Crippen molar-refractivity contribution >= 4 is 17.0 Å². The van der Waals surface area contributed by atoms with Gasteiger partial charge in [0.05, 0.1) is 6.61 Å². The maximum Gasteiger partial charge on any atom is 0.327 e. The van der Waals surface area contributed by atoms with Crippen LogP contribution in [0.4, 0.5) is 5.82 Å². The van der Waals surface area contributed by atoms with Gasteiger partial charge in [-0.15, -0.1) is 0 Å². The van der Waals surface area contributed by atoms with E-state index in [1.807, 2.05) is 0 Å². The second-order valence-corrected chi connectivity index (χ2v) is 9.39. The van der Waals surface area contributed by atoms with Crippen LogP contribution in [0.2, 0.25) is 0 Å². The van der Waals surface area contributed by atoms with Gasteiger partial charge >= 0.3 is 11.7 Å². The Morgan fingerprint density at radius 2 is 1.83 bits per heavy atom. The van der Waals surface area contributed by atoms with Crippen LogP contribution in [0.3, 0.4) is 0 Å². The van der Waals surface area contributed by atoms with E-state index in [1.54, 1.807) is 4.57 Å². The summed E-state index contributed by atoms with van der Waals surface area (Å²) in [6.45, 7) is 9.40. The van der Waals surface area contributed by atoms with E-state index in [-0.39, 0.29) is 17.5 Å². The lowest BCUT2D eigenvalue weighted by Crippen LogP contribution is -2.42. The molecule has 1 aliphatic heterocycles. The standard InChI is InChI=1S/C26H39N7O2/c1-3-5-17-35-25-30-23(27)22-24(31-25)33(26(34)29-22)14-6-13-32-15-11-21(12-16-32)28-18-20-9-7-19(4-2)8-10-20/h7-10,21,28H,3-6,11-18H2,1-2H3,(H,29,34)(H2,27,30,31). The number of hydrogen-bond donors (Lipinski definition) is 3. The number of unbranched alkanes of at least 4 members (excludes halogenated alkanes) is 1. The van der Waals surface area contributed by atoms with Gasteiger partial charge in [-0.1, -0.05) is 44.5 Å². The summed E-state index contributed by atoms with van der Waals surface area (Å²) >= 11 is 0. The molecule has 0 bridgehead atoms. The van der Waals surface area contributed by atoms with E-state index in [9.17, 15) is 4.79 Å². The molecule has 190 valence electrons. The molecular weight excluding hydrogens is 442 g/mol. The van der Waals surface area contributed by atoms with Gasteiger partial charge in [0.2, 0.25) is 0 Å². The Hall–Kier alpha value is -2.91. The molecule has 4 rings (SSSR count). The smallest absolute Gasteiger partial charge is 0.327 e. The van der Waals surface area contributed by atoms with E-state index in [2.05, 4.69) is 63.3 Å². The number of piperidine rings is 1. The maximum absolute atomic E-state index is 12.5. The molecule has 0 atom stereocenters. The van der Waals surface area contributed by atoms with Gasteiger partial charge in [0.15, 0.2) is 11.5 Å². The first-order valence-electron chi connectivity index (χ1n) is 13.0. The molecule has 1 fully saturated rings. The first-order chi connectivity index (χ1) is 17.1. The van der Waals surface area contributed by atoms with Crippen LogP contribution in [0.25, 0.3) is 11.2 Å². The third-order valence-electron chi connectivity index (χ3n) is 6.83. The van der Waals surface area contributed by atoms with Crippen LogP contribution < -0.4 is 21.5 Å². The summed E-state index contributed by atoms with van der Waals surface area (Å²) in [5.41, 5.74) is 9.57. The number of nitrogens with one attached hydrogen (secondary N) is 2. The van der Waals surface area contributed by atoms with E-state index in [0.29, 0.717) is 30.4 Å². The molecule has 0 radical (unpaired) electrons. The normalized spacial score (nSPS) is 15.1. The fourth-order valence-corrected chi connectivity index (χ4v) is 4.58. The molecule has 1 aromatic carbocycles. The van der Waals surface area contributed by atoms with Crippen molar-refractivity contribution in [3.63, 3.8) is 0 Å². The van der Waals surface area contributed by atoms with Crippen LogP contribution in [-0.4, -0.2) is 56.7 Å². The summed E-state index contributed by atoms with van der Waals surface area (Å²) in [4.78, 5) is 26.4. The Bertz CT molecular complexity index is 1130. The first-order valence-corrected chi connectivity index (χ1v) is 13.0. The van der Waals surface area contributed by atoms with Gasteiger partial charge in [-0.2, -0.15) is 9.97 Å². The summed E-state index contributed by atoms with van der Waals surface area (Å²) in [5, 5.41) is 3.72. The fourth-order valence-electron chi connectivity index (χ4n) is 4.58. The second-order valence-electron chi connectivity index (χ2n) is 9.39. The Morgan fingerprint density at radius 3 is 2.54 bits per heavy atom. The van der Waals surface area contributed by atoms with Gasteiger partial charge in [0.1, 0.15) is 5.52 Å². The Morgan fingerprint density at radius 1 is 1.09 bits per heavy atom. The predicted molar refractivity (Wildman–Crippen MR) is 140 cm³/mol. The number of imidazole rings is 1. The topological polar surface area (TPSA) is 114 Å². The van der Waals surface area contributed by atoms with E-state index in [0.717, 1.165) is 64.7 Å². The quantitative estimate of drug-likeness (QED) is 0.341. The average molecular weight is 482 g/mol.